The first kappa shape index (κ1) is 11.1. The molecule has 0 spiro atoms. The summed E-state index contributed by atoms with van der Waals surface area (Å²) < 4.78 is 5.41. The number of hydrazine groups is 1. The van der Waals surface area contributed by atoms with Crippen LogP contribution in [-0.2, 0) is 17.8 Å². The van der Waals surface area contributed by atoms with Gasteiger partial charge in [-0.25, -0.2) is 15.8 Å². The van der Waals surface area contributed by atoms with E-state index in [2.05, 4.69) is 15.4 Å². The molecule has 5 heteroatoms. The Balaban J connectivity index is 2.12. The summed E-state index contributed by atoms with van der Waals surface area (Å²) in [7, 11) is 0. The minimum Gasteiger partial charge on any atom is -0.376 e. The lowest BCUT2D eigenvalue weighted by Gasteiger charge is -2.19. The van der Waals surface area contributed by atoms with Crippen molar-refractivity contribution in [3.63, 3.8) is 0 Å². The number of nitrogens with one attached hydrogen (secondary N) is 1. The van der Waals surface area contributed by atoms with E-state index in [0.717, 1.165) is 23.2 Å². The van der Waals surface area contributed by atoms with Crippen molar-refractivity contribution in [2.45, 2.75) is 13.0 Å². The zero-order chi connectivity index (χ0) is 12.4. The fourth-order valence-corrected chi connectivity index (χ4v) is 2.07. The number of aromatic nitrogens is 2. The van der Waals surface area contributed by atoms with Crippen molar-refractivity contribution < 1.29 is 4.74 Å². The average molecular weight is 242 g/mol. The Morgan fingerprint density at radius 2 is 2.00 bits per heavy atom. The van der Waals surface area contributed by atoms with E-state index < -0.39 is 0 Å². The van der Waals surface area contributed by atoms with Gasteiger partial charge in [0.25, 0.3) is 0 Å². The molecule has 5 nitrogen and oxygen atoms in total. The predicted molar refractivity (Wildman–Crippen MR) is 68.6 cm³/mol. The van der Waals surface area contributed by atoms with Crippen molar-refractivity contribution in [1.29, 1.82) is 0 Å². The molecule has 18 heavy (non-hydrogen) atoms. The molecule has 3 N–H and O–H groups in total. The molecule has 0 amide bonds. The van der Waals surface area contributed by atoms with Crippen molar-refractivity contribution in [1.82, 2.24) is 9.97 Å². The topological polar surface area (TPSA) is 73.1 Å². The van der Waals surface area contributed by atoms with Gasteiger partial charge >= 0.3 is 0 Å². The minimum absolute atomic E-state index is 0.518. The highest BCUT2D eigenvalue weighted by atomic mass is 16.5. The van der Waals surface area contributed by atoms with E-state index >= 15 is 0 Å². The molecular weight excluding hydrogens is 228 g/mol. The van der Waals surface area contributed by atoms with Crippen LogP contribution < -0.4 is 11.3 Å². The normalized spacial score (nSPS) is 14.1. The van der Waals surface area contributed by atoms with Gasteiger partial charge in [-0.15, -0.1) is 0 Å². The largest absolute Gasteiger partial charge is 0.376 e. The number of anilines is 1. The fraction of sp³-hybridized carbons (Fsp3) is 0.231. The van der Waals surface area contributed by atoms with Crippen molar-refractivity contribution in [3.05, 3.63) is 41.6 Å². The van der Waals surface area contributed by atoms with Crippen LogP contribution in [0.2, 0.25) is 0 Å². The van der Waals surface area contributed by atoms with Gasteiger partial charge < -0.3 is 10.2 Å². The summed E-state index contributed by atoms with van der Waals surface area (Å²) in [6.07, 6.45) is 0.798. The third-order valence-electron chi connectivity index (χ3n) is 2.99. The van der Waals surface area contributed by atoms with E-state index in [0.29, 0.717) is 24.9 Å². The van der Waals surface area contributed by atoms with Crippen LogP contribution in [0.5, 0.6) is 0 Å². The third-order valence-corrected chi connectivity index (χ3v) is 2.99. The summed E-state index contributed by atoms with van der Waals surface area (Å²) in [6, 6.07) is 9.88. The monoisotopic (exact) mass is 242 g/mol. The van der Waals surface area contributed by atoms with Gasteiger partial charge in [0.15, 0.2) is 5.82 Å². The van der Waals surface area contributed by atoms with Crippen LogP contribution in [0, 0.1) is 0 Å². The zero-order valence-corrected chi connectivity index (χ0v) is 9.89. The average Bonchev–Trinajstić information content (AvgIpc) is 2.47. The van der Waals surface area contributed by atoms with Crippen molar-refractivity contribution >= 4 is 5.82 Å². The van der Waals surface area contributed by atoms with Crippen LogP contribution in [0.3, 0.4) is 0 Å². The molecule has 2 aromatic rings. The van der Waals surface area contributed by atoms with E-state index in [4.69, 9.17) is 10.6 Å². The first-order chi connectivity index (χ1) is 8.88. The van der Waals surface area contributed by atoms with E-state index in [-0.39, 0.29) is 0 Å². The molecule has 0 unspecified atom stereocenters. The van der Waals surface area contributed by atoms with Gasteiger partial charge in [0, 0.05) is 17.5 Å². The van der Waals surface area contributed by atoms with Gasteiger partial charge in [0.05, 0.1) is 18.9 Å². The highest BCUT2D eigenvalue weighted by Gasteiger charge is 2.18. The van der Waals surface area contributed by atoms with Crippen LogP contribution >= 0.6 is 0 Å². The highest BCUT2D eigenvalue weighted by Crippen LogP contribution is 2.25. The SMILES string of the molecule is NNc1nc(-c2ccccc2)nc2c1COCC2. The molecule has 0 aliphatic carbocycles. The summed E-state index contributed by atoms with van der Waals surface area (Å²) in [5.41, 5.74) is 5.60. The number of nitrogens with zero attached hydrogens (tertiary/aromatic N) is 2. The Kier molecular flexibility index (Phi) is 2.92. The molecule has 1 aromatic heterocycles. The molecule has 3 rings (SSSR count). The van der Waals surface area contributed by atoms with Gasteiger partial charge in [-0.05, 0) is 0 Å². The second-order valence-corrected chi connectivity index (χ2v) is 4.13. The second kappa shape index (κ2) is 4.72. The van der Waals surface area contributed by atoms with Crippen molar-refractivity contribution in [2.24, 2.45) is 5.84 Å². The molecule has 1 aromatic carbocycles. The predicted octanol–water partition coefficient (Wildman–Crippen LogP) is 1.50. The standard InChI is InChI=1S/C13H14N4O/c14-17-13-10-8-18-7-6-11(10)15-12(16-13)9-4-2-1-3-5-9/h1-5H,6-8,14H2,(H,15,16,17). The van der Waals surface area contributed by atoms with E-state index in [1.165, 1.54) is 0 Å². The number of fused-ring (bicyclic) bond motifs is 1. The number of hydrogen-bond acceptors (Lipinski definition) is 5. The molecule has 1 aliphatic rings. The number of ether oxygens (including phenoxy) is 1. The lowest BCUT2D eigenvalue weighted by atomic mass is 10.1. The first-order valence-electron chi connectivity index (χ1n) is 5.88. The zero-order valence-electron chi connectivity index (χ0n) is 9.89. The molecule has 2 heterocycles. The summed E-state index contributed by atoms with van der Waals surface area (Å²) >= 11 is 0. The van der Waals surface area contributed by atoms with Crippen LogP contribution in [0.4, 0.5) is 5.82 Å². The Morgan fingerprint density at radius 1 is 1.17 bits per heavy atom. The Bertz CT molecular complexity index is 539. The van der Waals surface area contributed by atoms with Gasteiger partial charge in [-0.3, -0.25) is 0 Å². The maximum atomic E-state index is 5.53. The first-order valence-corrected chi connectivity index (χ1v) is 5.88. The van der Waals surface area contributed by atoms with Crippen LogP contribution in [-0.4, -0.2) is 16.6 Å². The molecule has 0 atom stereocenters. The quantitative estimate of drug-likeness (QED) is 0.616. The Hall–Kier alpha value is -1.98. The summed E-state index contributed by atoms with van der Waals surface area (Å²) in [5, 5.41) is 0. The Morgan fingerprint density at radius 3 is 2.78 bits per heavy atom. The van der Waals surface area contributed by atoms with Gasteiger partial charge in [-0.1, -0.05) is 30.3 Å². The number of nitrogens with two attached hydrogens (primary N) is 1. The summed E-state index contributed by atoms with van der Waals surface area (Å²) in [5.74, 6) is 6.87. The molecule has 0 fully saturated rings. The molecule has 0 saturated heterocycles. The number of rotatable bonds is 2. The van der Waals surface area contributed by atoms with E-state index in [9.17, 15) is 0 Å². The van der Waals surface area contributed by atoms with Gasteiger partial charge in [0.1, 0.15) is 5.82 Å². The van der Waals surface area contributed by atoms with Crippen LogP contribution in [0.25, 0.3) is 11.4 Å². The number of nitrogen functional groups attached to an aromatic ring is 1. The smallest absolute Gasteiger partial charge is 0.161 e. The van der Waals surface area contributed by atoms with Crippen molar-refractivity contribution in [2.75, 3.05) is 12.0 Å². The lowest BCUT2D eigenvalue weighted by Crippen LogP contribution is -2.19. The second-order valence-electron chi connectivity index (χ2n) is 4.13. The summed E-state index contributed by atoms with van der Waals surface area (Å²) in [4.78, 5) is 9.05. The van der Waals surface area contributed by atoms with Crippen LogP contribution in [0.1, 0.15) is 11.3 Å². The molecule has 1 aliphatic heterocycles. The van der Waals surface area contributed by atoms with Crippen molar-refractivity contribution in [3.8, 4) is 11.4 Å². The molecule has 92 valence electrons. The summed E-state index contributed by atoms with van der Waals surface area (Å²) in [6.45, 7) is 1.21. The maximum Gasteiger partial charge on any atom is 0.161 e. The Labute approximate surface area is 105 Å². The number of hydrogen-bond donors (Lipinski definition) is 2. The maximum absolute atomic E-state index is 5.53. The van der Waals surface area contributed by atoms with Crippen LogP contribution in [0.15, 0.2) is 30.3 Å². The van der Waals surface area contributed by atoms with E-state index in [1.807, 2.05) is 30.3 Å². The fourth-order valence-electron chi connectivity index (χ4n) is 2.07. The molecular formula is C13H14N4O. The van der Waals surface area contributed by atoms with Gasteiger partial charge in [0.2, 0.25) is 0 Å². The molecule has 0 saturated carbocycles. The van der Waals surface area contributed by atoms with Gasteiger partial charge in [-0.2, -0.15) is 0 Å². The molecule has 0 radical (unpaired) electrons. The number of benzene rings is 1. The minimum atomic E-state index is 0.518. The molecule has 0 bridgehead atoms. The lowest BCUT2D eigenvalue weighted by molar-refractivity contribution is 0.109. The van der Waals surface area contributed by atoms with E-state index in [1.54, 1.807) is 0 Å². The highest BCUT2D eigenvalue weighted by molar-refractivity contribution is 5.59. The third kappa shape index (κ3) is 1.94.